The van der Waals surface area contributed by atoms with Crippen LogP contribution in [0.4, 0.5) is 0 Å². The number of amides is 1. The van der Waals surface area contributed by atoms with Crippen molar-refractivity contribution >= 4 is 27.5 Å². The predicted octanol–water partition coefficient (Wildman–Crippen LogP) is 3.09. The molecule has 4 aromatic rings. The third-order valence-corrected chi connectivity index (χ3v) is 6.98. The zero-order valence-corrected chi connectivity index (χ0v) is 19.1. The van der Waals surface area contributed by atoms with Crippen molar-refractivity contribution in [1.82, 2.24) is 25.0 Å². The first-order valence-corrected chi connectivity index (χ1v) is 11.6. The standard InChI is InChI=1S/C23H23N5O4S/c1-13-6-3-4-8-16(13)20-26-21(32-27-20)19-14(2)18-22(33-19)25-12-28(23(18)30)11-17(29)24-10-15-7-5-9-31-15/h3-4,6,8,12,15H,5,7,9-11H2,1-2H3,(H,24,29). The van der Waals surface area contributed by atoms with Crippen molar-refractivity contribution in [3.63, 3.8) is 0 Å². The van der Waals surface area contributed by atoms with Crippen LogP contribution < -0.4 is 10.9 Å². The summed E-state index contributed by atoms with van der Waals surface area (Å²) in [6, 6.07) is 7.80. The van der Waals surface area contributed by atoms with Crippen LogP contribution in [0.3, 0.4) is 0 Å². The summed E-state index contributed by atoms with van der Waals surface area (Å²) >= 11 is 1.32. The van der Waals surface area contributed by atoms with Crippen molar-refractivity contribution in [3.05, 3.63) is 52.1 Å². The fraction of sp³-hybridized carbons (Fsp3) is 0.348. The van der Waals surface area contributed by atoms with Gasteiger partial charge in [0.2, 0.25) is 11.7 Å². The summed E-state index contributed by atoms with van der Waals surface area (Å²) in [5, 5.41) is 7.41. The lowest BCUT2D eigenvalue weighted by Crippen LogP contribution is -2.36. The minimum absolute atomic E-state index is 0.0481. The molecule has 10 heteroatoms. The molecule has 1 amide bonds. The van der Waals surface area contributed by atoms with E-state index in [0.717, 1.165) is 30.6 Å². The molecule has 33 heavy (non-hydrogen) atoms. The molecule has 1 aliphatic rings. The summed E-state index contributed by atoms with van der Waals surface area (Å²) in [6.45, 7) is 4.89. The van der Waals surface area contributed by atoms with Crippen LogP contribution in [0.2, 0.25) is 0 Å². The molecule has 1 atom stereocenters. The first-order chi connectivity index (χ1) is 16.0. The molecular formula is C23H23N5O4S. The highest BCUT2D eigenvalue weighted by Crippen LogP contribution is 2.35. The minimum Gasteiger partial charge on any atom is -0.376 e. The molecule has 1 saturated heterocycles. The van der Waals surface area contributed by atoms with Crippen molar-refractivity contribution in [2.75, 3.05) is 13.2 Å². The molecule has 0 aliphatic carbocycles. The number of fused-ring (bicyclic) bond motifs is 1. The second-order valence-corrected chi connectivity index (χ2v) is 9.09. The number of ether oxygens (including phenoxy) is 1. The minimum atomic E-state index is -0.272. The number of nitrogens with one attached hydrogen (secondary N) is 1. The van der Waals surface area contributed by atoms with E-state index >= 15 is 0 Å². The number of carbonyl (C=O) groups is 1. The Balaban J connectivity index is 1.40. The quantitative estimate of drug-likeness (QED) is 0.466. The van der Waals surface area contributed by atoms with Crippen LogP contribution in [0.15, 0.2) is 39.9 Å². The molecule has 9 nitrogen and oxygen atoms in total. The van der Waals surface area contributed by atoms with Gasteiger partial charge in [-0.25, -0.2) is 4.98 Å². The molecule has 5 rings (SSSR count). The SMILES string of the molecule is Cc1ccccc1-c1noc(-c2sc3ncn(CC(=O)NCC4CCCO4)c(=O)c3c2C)n1. The van der Waals surface area contributed by atoms with Crippen LogP contribution in [-0.2, 0) is 16.1 Å². The van der Waals surface area contributed by atoms with E-state index in [9.17, 15) is 9.59 Å². The average Bonchev–Trinajstić information content (AvgIpc) is 3.55. The molecule has 0 bridgehead atoms. The Bertz CT molecular complexity index is 1380. The van der Waals surface area contributed by atoms with Crippen molar-refractivity contribution in [2.24, 2.45) is 0 Å². The van der Waals surface area contributed by atoms with Crippen LogP contribution in [0.5, 0.6) is 0 Å². The van der Waals surface area contributed by atoms with Crippen LogP contribution in [0.1, 0.15) is 24.0 Å². The summed E-state index contributed by atoms with van der Waals surface area (Å²) in [7, 11) is 0. The van der Waals surface area contributed by atoms with Crippen LogP contribution in [0.25, 0.3) is 32.4 Å². The first kappa shape index (κ1) is 21.5. The monoisotopic (exact) mass is 465 g/mol. The second kappa shape index (κ2) is 8.87. The second-order valence-electron chi connectivity index (χ2n) is 8.09. The van der Waals surface area contributed by atoms with Crippen molar-refractivity contribution in [2.45, 2.75) is 39.3 Å². The molecule has 0 saturated carbocycles. The number of carbonyl (C=O) groups excluding carboxylic acids is 1. The highest BCUT2D eigenvalue weighted by atomic mass is 32.1. The van der Waals surface area contributed by atoms with Gasteiger partial charge in [-0.2, -0.15) is 4.98 Å². The molecule has 1 unspecified atom stereocenters. The average molecular weight is 466 g/mol. The van der Waals surface area contributed by atoms with E-state index in [1.165, 1.54) is 22.2 Å². The molecule has 3 aromatic heterocycles. The lowest BCUT2D eigenvalue weighted by atomic mass is 10.1. The van der Waals surface area contributed by atoms with E-state index in [2.05, 4.69) is 20.4 Å². The van der Waals surface area contributed by atoms with E-state index in [1.54, 1.807) is 0 Å². The molecule has 1 aromatic carbocycles. The zero-order chi connectivity index (χ0) is 22.9. The lowest BCUT2D eigenvalue weighted by molar-refractivity contribution is -0.122. The molecule has 1 aliphatic heterocycles. The van der Waals surface area contributed by atoms with E-state index < -0.39 is 0 Å². The van der Waals surface area contributed by atoms with Gasteiger partial charge in [-0.3, -0.25) is 14.2 Å². The van der Waals surface area contributed by atoms with Crippen molar-refractivity contribution in [1.29, 1.82) is 0 Å². The maximum atomic E-state index is 13.1. The number of aromatic nitrogens is 4. The molecule has 170 valence electrons. The Morgan fingerprint density at radius 2 is 2.15 bits per heavy atom. The molecule has 4 heterocycles. The van der Waals surface area contributed by atoms with Gasteiger partial charge in [-0.1, -0.05) is 29.4 Å². The molecule has 1 fully saturated rings. The number of rotatable bonds is 6. The van der Waals surface area contributed by atoms with Crippen molar-refractivity contribution < 1.29 is 14.1 Å². The molecular weight excluding hydrogens is 442 g/mol. The molecule has 1 N–H and O–H groups in total. The molecule has 0 radical (unpaired) electrons. The third-order valence-electron chi connectivity index (χ3n) is 5.79. The van der Waals surface area contributed by atoms with Gasteiger partial charge in [0.1, 0.15) is 11.4 Å². The number of benzene rings is 1. The Hall–Kier alpha value is -3.37. The van der Waals surface area contributed by atoms with Gasteiger partial charge >= 0.3 is 0 Å². The Morgan fingerprint density at radius 1 is 1.30 bits per heavy atom. The largest absolute Gasteiger partial charge is 0.376 e. The Labute approximate surface area is 193 Å². The zero-order valence-electron chi connectivity index (χ0n) is 18.3. The fourth-order valence-corrected chi connectivity index (χ4v) is 5.03. The number of hydrogen-bond acceptors (Lipinski definition) is 8. The number of nitrogens with zero attached hydrogens (tertiary/aromatic N) is 4. The fourth-order valence-electron chi connectivity index (χ4n) is 3.97. The summed E-state index contributed by atoms with van der Waals surface area (Å²) in [5.74, 6) is 0.587. The van der Waals surface area contributed by atoms with Gasteiger partial charge in [0.15, 0.2) is 0 Å². The topological polar surface area (TPSA) is 112 Å². The van der Waals surface area contributed by atoms with Crippen molar-refractivity contribution in [3.8, 4) is 22.2 Å². The van der Waals surface area contributed by atoms with Crippen LogP contribution in [0, 0.1) is 13.8 Å². The molecule has 0 spiro atoms. The van der Waals surface area contributed by atoms with Gasteiger partial charge in [0.05, 0.1) is 22.7 Å². The maximum absolute atomic E-state index is 13.1. The van der Waals surface area contributed by atoms with Gasteiger partial charge in [-0.15, -0.1) is 11.3 Å². The number of thiophene rings is 1. The van der Waals surface area contributed by atoms with Gasteiger partial charge in [-0.05, 0) is 37.8 Å². The summed E-state index contributed by atoms with van der Waals surface area (Å²) < 4.78 is 12.4. The number of aryl methyl sites for hydroxylation is 2. The summed E-state index contributed by atoms with van der Waals surface area (Å²) in [5.41, 5.74) is 2.37. The lowest BCUT2D eigenvalue weighted by Gasteiger charge is -2.11. The first-order valence-electron chi connectivity index (χ1n) is 10.8. The number of hydrogen-bond donors (Lipinski definition) is 1. The Kier molecular flexibility index (Phi) is 5.77. The maximum Gasteiger partial charge on any atom is 0.268 e. The Morgan fingerprint density at radius 3 is 2.94 bits per heavy atom. The van der Waals surface area contributed by atoms with E-state index in [4.69, 9.17) is 9.26 Å². The van der Waals surface area contributed by atoms with Crippen LogP contribution in [-0.4, -0.2) is 44.9 Å². The van der Waals surface area contributed by atoms with Crippen LogP contribution >= 0.6 is 11.3 Å². The normalized spacial score (nSPS) is 15.9. The highest BCUT2D eigenvalue weighted by molar-refractivity contribution is 7.22. The third kappa shape index (κ3) is 4.19. The van der Waals surface area contributed by atoms with E-state index in [0.29, 0.717) is 38.9 Å². The van der Waals surface area contributed by atoms with E-state index in [-0.39, 0.29) is 24.1 Å². The predicted molar refractivity (Wildman–Crippen MR) is 124 cm³/mol. The van der Waals surface area contributed by atoms with E-state index in [1.807, 2.05) is 38.1 Å². The smallest absolute Gasteiger partial charge is 0.268 e. The van der Waals surface area contributed by atoms with Gasteiger partial charge < -0.3 is 14.6 Å². The highest BCUT2D eigenvalue weighted by Gasteiger charge is 2.22. The van der Waals surface area contributed by atoms with Gasteiger partial charge in [0, 0.05) is 18.7 Å². The van der Waals surface area contributed by atoms with Gasteiger partial charge in [0.25, 0.3) is 11.4 Å². The summed E-state index contributed by atoms with van der Waals surface area (Å²) in [4.78, 5) is 35.7. The summed E-state index contributed by atoms with van der Waals surface area (Å²) in [6.07, 6.45) is 3.40.